The molecule has 1 saturated heterocycles. The molecular weight excluding hydrogens is 242 g/mol. The Morgan fingerprint density at radius 2 is 2.11 bits per heavy atom. The number of hydrogen-bond donors (Lipinski definition) is 2. The van der Waals surface area contributed by atoms with Crippen molar-refractivity contribution < 1.29 is 4.79 Å². The zero-order chi connectivity index (χ0) is 13.7. The third kappa shape index (κ3) is 3.92. The van der Waals surface area contributed by atoms with E-state index >= 15 is 0 Å². The van der Waals surface area contributed by atoms with Gasteiger partial charge in [0.15, 0.2) is 0 Å². The minimum absolute atomic E-state index is 0.221. The molecule has 2 heterocycles. The summed E-state index contributed by atoms with van der Waals surface area (Å²) in [6.07, 6.45) is 3.79. The van der Waals surface area contributed by atoms with Crippen molar-refractivity contribution in [2.75, 3.05) is 19.6 Å². The fourth-order valence-electron chi connectivity index (χ4n) is 2.40. The van der Waals surface area contributed by atoms with Gasteiger partial charge in [-0.3, -0.25) is 14.5 Å². The molecule has 2 N–H and O–H groups in total. The summed E-state index contributed by atoms with van der Waals surface area (Å²) in [6, 6.07) is 4.93. The first-order chi connectivity index (χ1) is 9.16. The fraction of sp³-hybridized carbons (Fsp3) is 0.571. The zero-order valence-corrected chi connectivity index (χ0v) is 11.3. The summed E-state index contributed by atoms with van der Waals surface area (Å²) < 4.78 is 0. The third-order valence-corrected chi connectivity index (χ3v) is 3.59. The van der Waals surface area contributed by atoms with E-state index in [4.69, 9.17) is 0 Å². The van der Waals surface area contributed by atoms with Gasteiger partial charge in [0, 0.05) is 18.7 Å². The maximum absolute atomic E-state index is 11.9. The van der Waals surface area contributed by atoms with Gasteiger partial charge < -0.3 is 10.3 Å². The number of carbonyl (C=O) groups is 1. The maximum atomic E-state index is 11.9. The molecule has 0 radical (unpaired) electrons. The van der Waals surface area contributed by atoms with Gasteiger partial charge in [0.2, 0.25) is 5.56 Å². The van der Waals surface area contributed by atoms with Crippen molar-refractivity contribution in [3.8, 4) is 0 Å². The quantitative estimate of drug-likeness (QED) is 0.851. The SMILES string of the molecule is CC(CNC(=O)c1cccc(=O)[nH]1)N1CCCCC1. The minimum atomic E-state index is -0.253. The van der Waals surface area contributed by atoms with E-state index in [2.05, 4.69) is 22.1 Å². The van der Waals surface area contributed by atoms with Crippen LogP contribution in [0.2, 0.25) is 0 Å². The molecule has 1 fully saturated rings. The molecule has 104 valence electrons. The molecule has 5 nitrogen and oxygen atoms in total. The van der Waals surface area contributed by atoms with Crippen LogP contribution in [-0.2, 0) is 0 Å². The summed E-state index contributed by atoms with van der Waals surface area (Å²) in [5, 5.41) is 2.87. The molecule has 1 aliphatic rings. The minimum Gasteiger partial charge on any atom is -0.349 e. The van der Waals surface area contributed by atoms with Gasteiger partial charge in [-0.15, -0.1) is 0 Å². The number of aromatic amines is 1. The second-order valence-electron chi connectivity index (χ2n) is 5.08. The Balaban J connectivity index is 1.84. The van der Waals surface area contributed by atoms with Crippen molar-refractivity contribution in [2.24, 2.45) is 0 Å². The van der Waals surface area contributed by atoms with Gasteiger partial charge in [0.25, 0.3) is 5.91 Å². The number of likely N-dealkylation sites (tertiary alicyclic amines) is 1. The first-order valence-electron chi connectivity index (χ1n) is 6.88. The molecule has 1 unspecified atom stereocenters. The molecule has 2 rings (SSSR count). The highest BCUT2D eigenvalue weighted by molar-refractivity contribution is 5.92. The average molecular weight is 263 g/mol. The van der Waals surface area contributed by atoms with Crippen LogP contribution >= 0.6 is 0 Å². The molecule has 0 bridgehead atoms. The molecule has 1 amide bonds. The Morgan fingerprint density at radius 3 is 2.79 bits per heavy atom. The van der Waals surface area contributed by atoms with Crippen LogP contribution in [0.5, 0.6) is 0 Å². The lowest BCUT2D eigenvalue weighted by molar-refractivity contribution is 0.0925. The van der Waals surface area contributed by atoms with Gasteiger partial charge >= 0.3 is 0 Å². The lowest BCUT2D eigenvalue weighted by atomic mass is 10.1. The molecule has 1 atom stereocenters. The summed E-state index contributed by atoms with van der Waals surface area (Å²) in [5.41, 5.74) is 0.0649. The molecule has 1 aromatic heterocycles. The van der Waals surface area contributed by atoms with Crippen molar-refractivity contribution >= 4 is 5.91 Å². The number of nitrogens with one attached hydrogen (secondary N) is 2. The average Bonchev–Trinajstić information content (AvgIpc) is 2.45. The Bertz CT molecular complexity index is 478. The first-order valence-corrected chi connectivity index (χ1v) is 6.88. The predicted octanol–water partition coefficient (Wildman–Crippen LogP) is 0.979. The molecule has 5 heteroatoms. The van der Waals surface area contributed by atoms with Gasteiger partial charge in [-0.05, 0) is 38.9 Å². The summed E-state index contributed by atoms with van der Waals surface area (Å²) in [4.78, 5) is 28.0. The van der Waals surface area contributed by atoms with Crippen molar-refractivity contribution in [1.82, 2.24) is 15.2 Å². The number of aromatic nitrogens is 1. The highest BCUT2D eigenvalue weighted by Gasteiger charge is 2.17. The number of hydrogen-bond acceptors (Lipinski definition) is 3. The van der Waals surface area contributed by atoms with Crippen LogP contribution in [0.1, 0.15) is 36.7 Å². The maximum Gasteiger partial charge on any atom is 0.267 e. The first kappa shape index (κ1) is 13.8. The molecule has 0 aliphatic carbocycles. The van der Waals surface area contributed by atoms with Crippen molar-refractivity contribution in [3.63, 3.8) is 0 Å². The molecular formula is C14H21N3O2. The molecule has 0 spiro atoms. The van der Waals surface area contributed by atoms with E-state index in [-0.39, 0.29) is 11.5 Å². The van der Waals surface area contributed by atoms with Crippen molar-refractivity contribution in [1.29, 1.82) is 0 Å². The molecule has 1 aliphatic heterocycles. The predicted molar refractivity (Wildman–Crippen MR) is 74.3 cm³/mol. The largest absolute Gasteiger partial charge is 0.349 e. The smallest absolute Gasteiger partial charge is 0.267 e. The lowest BCUT2D eigenvalue weighted by Gasteiger charge is -2.32. The van der Waals surface area contributed by atoms with E-state index in [1.807, 2.05) is 0 Å². The normalized spacial score (nSPS) is 17.9. The second-order valence-corrected chi connectivity index (χ2v) is 5.08. The Kier molecular flexibility index (Phi) is 4.74. The topological polar surface area (TPSA) is 65.2 Å². The molecule has 1 aromatic rings. The number of H-pyrrole nitrogens is 1. The highest BCUT2D eigenvalue weighted by atomic mass is 16.2. The van der Waals surface area contributed by atoms with Crippen molar-refractivity contribution in [3.05, 3.63) is 34.2 Å². The summed E-state index contributed by atoms with van der Waals surface area (Å²) >= 11 is 0. The molecule has 0 aromatic carbocycles. The van der Waals surface area contributed by atoms with Gasteiger partial charge in [0.05, 0.1) is 0 Å². The van der Waals surface area contributed by atoms with Crippen LogP contribution in [0.3, 0.4) is 0 Å². The number of carbonyl (C=O) groups excluding carboxylic acids is 1. The standard InChI is InChI=1S/C14H21N3O2/c1-11(17-8-3-2-4-9-17)10-15-14(19)12-6-5-7-13(18)16-12/h5-7,11H,2-4,8-10H2,1H3,(H,15,19)(H,16,18). The van der Waals surface area contributed by atoms with E-state index in [1.54, 1.807) is 12.1 Å². The van der Waals surface area contributed by atoms with Crippen LogP contribution in [0.25, 0.3) is 0 Å². The fourth-order valence-corrected chi connectivity index (χ4v) is 2.40. The second kappa shape index (κ2) is 6.52. The molecule has 0 saturated carbocycles. The van der Waals surface area contributed by atoms with E-state index < -0.39 is 0 Å². The Labute approximate surface area is 113 Å². The highest BCUT2D eigenvalue weighted by Crippen LogP contribution is 2.11. The number of nitrogens with zero attached hydrogens (tertiary/aromatic N) is 1. The van der Waals surface area contributed by atoms with Gasteiger partial charge in [-0.25, -0.2) is 0 Å². The monoisotopic (exact) mass is 263 g/mol. The number of rotatable bonds is 4. The van der Waals surface area contributed by atoms with Crippen LogP contribution < -0.4 is 10.9 Å². The van der Waals surface area contributed by atoms with Crippen molar-refractivity contribution in [2.45, 2.75) is 32.2 Å². The Hall–Kier alpha value is -1.62. The number of amides is 1. The van der Waals surface area contributed by atoms with E-state index in [0.717, 1.165) is 13.1 Å². The Morgan fingerprint density at radius 1 is 1.37 bits per heavy atom. The summed E-state index contributed by atoms with van der Waals surface area (Å²) in [5.74, 6) is -0.221. The third-order valence-electron chi connectivity index (χ3n) is 3.59. The molecule has 19 heavy (non-hydrogen) atoms. The number of piperidine rings is 1. The van der Waals surface area contributed by atoms with Crippen LogP contribution in [-0.4, -0.2) is 41.5 Å². The van der Waals surface area contributed by atoms with Crippen LogP contribution in [0, 0.1) is 0 Å². The van der Waals surface area contributed by atoms with Gasteiger partial charge in [0.1, 0.15) is 5.69 Å². The number of pyridine rings is 1. The van der Waals surface area contributed by atoms with Crippen LogP contribution in [0.15, 0.2) is 23.0 Å². The zero-order valence-electron chi connectivity index (χ0n) is 11.3. The van der Waals surface area contributed by atoms with Gasteiger partial charge in [-0.2, -0.15) is 0 Å². The van der Waals surface area contributed by atoms with E-state index in [0.29, 0.717) is 18.3 Å². The lowest BCUT2D eigenvalue weighted by Crippen LogP contribution is -2.44. The van der Waals surface area contributed by atoms with Gasteiger partial charge in [-0.1, -0.05) is 12.5 Å². The summed E-state index contributed by atoms with van der Waals surface area (Å²) in [7, 11) is 0. The summed E-state index contributed by atoms with van der Waals surface area (Å²) in [6.45, 7) is 4.95. The van der Waals surface area contributed by atoms with E-state index in [9.17, 15) is 9.59 Å². The van der Waals surface area contributed by atoms with E-state index in [1.165, 1.54) is 25.3 Å². The van der Waals surface area contributed by atoms with Crippen LogP contribution in [0.4, 0.5) is 0 Å².